The summed E-state index contributed by atoms with van der Waals surface area (Å²) < 4.78 is 12.2. The molecular weight excluding hydrogens is 312 g/mol. The molecule has 1 atom stereocenters. The van der Waals surface area contributed by atoms with Crippen molar-refractivity contribution in [2.75, 3.05) is 7.11 Å². The Morgan fingerprint density at radius 1 is 1.08 bits per heavy atom. The summed E-state index contributed by atoms with van der Waals surface area (Å²) in [6, 6.07) is 16.9. The molecule has 1 fully saturated rings. The number of para-hydroxylation sites is 1. The fourth-order valence-electron chi connectivity index (χ4n) is 4.49. The van der Waals surface area contributed by atoms with E-state index < -0.39 is 0 Å². The van der Waals surface area contributed by atoms with Crippen LogP contribution in [0.2, 0.25) is 0 Å². The lowest BCUT2D eigenvalue weighted by molar-refractivity contribution is -0.115. The minimum absolute atomic E-state index is 0.229. The van der Waals surface area contributed by atoms with Gasteiger partial charge in [0, 0.05) is 24.8 Å². The van der Waals surface area contributed by atoms with E-state index >= 15 is 0 Å². The van der Waals surface area contributed by atoms with E-state index in [1.807, 2.05) is 18.2 Å². The molecule has 1 saturated carbocycles. The molecular formula is C21H22N2O2. The number of hydrazone groups is 1. The van der Waals surface area contributed by atoms with Crippen molar-refractivity contribution >= 4 is 5.71 Å². The van der Waals surface area contributed by atoms with Crippen LogP contribution in [0.15, 0.2) is 53.6 Å². The Bertz CT molecular complexity index is 825. The molecule has 4 nitrogen and oxygen atoms in total. The SMILES string of the molecule is COc1cccc2c1OC1(CCCC1)N1N=C(c3ccccc3)C[C@@H]21. The Labute approximate surface area is 148 Å². The molecule has 5 rings (SSSR count). The second-order valence-corrected chi connectivity index (χ2v) is 7.11. The van der Waals surface area contributed by atoms with Gasteiger partial charge in [0.05, 0.1) is 18.9 Å². The lowest BCUT2D eigenvalue weighted by Gasteiger charge is -2.46. The van der Waals surface area contributed by atoms with E-state index in [0.29, 0.717) is 0 Å². The third-order valence-electron chi connectivity index (χ3n) is 5.70. The van der Waals surface area contributed by atoms with Gasteiger partial charge in [0.15, 0.2) is 17.2 Å². The molecule has 0 amide bonds. The quantitative estimate of drug-likeness (QED) is 0.810. The highest BCUT2D eigenvalue weighted by molar-refractivity contribution is 6.02. The highest BCUT2D eigenvalue weighted by Gasteiger charge is 2.52. The zero-order valence-electron chi connectivity index (χ0n) is 14.4. The first-order valence-corrected chi connectivity index (χ1v) is 9.09. The molecule has 0 N–H and O–H groups in total. The molecule has 128 valence electrons. The Balaban J connectivity index is 1.63. The van der Waals surface area contributed by atoms with Crippen LogP contribution in [-0.2, 0) is 0 Å². The van der Waals surface area contributed by atoms with Crippen LogP contribution in [0.1, 0.15) is 49.3 Å². The molecule has 2 heterocycles. The van der Waals surface area contributed by atoms with E-state index in [2.05, 4.69) is 35.3 Å². The van der Waals surface area contributed by atoms with Crippen LogP contribution in [0.3, 0.4) is 0 Å². The van der Waals surface area contributed by atoms with E-state index in [0.717, 1.165) is 36.5 Å². The fourth-order valence-corrected chi connectivity index (χ4v) is 4.49. The predicted octanol–water partition coefficient (Wildman–Crippen LogP) is 4.51. The van der Waals surface area contributed by atoms with Crippen LogP contribution >= 0.6 is 0 Å². The average Bonchev–Trinajstić information content (AvgIpc) is 3.31. The number of rotatable bonds is 2. The number of hydrogen-bond donors (Lipinski definition) is 0. The van der Waals surface area contributed by atoms with E-state index in [4.69, 9.17) is 14.6 Å². The molecule has 1 spiro atoms. The summed E-state index contributed by atoms with van der Waals surface area (Å²) in [7, 11) is 1.72. The lowest BCUT2D eigenvalue weighted by atomic mass is 9.94. The van der Waals surface area contributed by atoms with Crippen molar-refractivity contribution in [2.24, 2.45) is 5.10 Å². The monoisotopic (exact) mass is 334 g/mol. The number of methoxy groups -OCH3 is 1. The molecule has 0 radical (unpaired) electrons. The Morgan fingerprint density at radius 3 is 2.64 bits per heavy atom. The molecule has 2 aromatic rings. The van der Waals surface area contributed by atoms with Crippen molar-refractivity contribution in [2.45, 2.75) is 43.9 Å². The number of fused-ring (bicyclic) bond motifs is 4. The topological polar surface area (TPSA) is 34.1 Å². The first kappa shape index (κ1) is 14.8. The van der Waals surface area contributed by atoms with Crippen molar-refractivity contribution in [1.29, 1.82) is 0 Å². The zero-order chi connectivity index (χ0) is 16.9. The molecule has 1 aliphatic carbocycles. The Kier molecular flexibility index (Phi) is 3.27. The third kappa shape index (κ3) is 2.16. The standard InChI is InChI=1S/C21H22N2O2/c1-24-19-11-7-10-16-18-14-17(15-8-3-2-4-9-15)22-23(18)21(25-20(16)19)12-5-6-13-21/h2-4,7-11,18H,5-6,12-14H2,1H3/t18-/m0/s1. The fraction of sp³-hybridized carbons (Fsp3) is 0.381. The van der Waals surface area contributed by atoms with Crippen LogP contribution < -0.4 is 9.47 Å². The van der Waals surface area contributed by atoms with Crippen molar-refractivity contribution in [3.8, 4) is 11.5 Å². The molecule has 0 bridgehead atoms. The van der Waals surface area contributed by atoms with Gasteiger partial charge in [-0.1, -0.05) is 42.5 Å². The summed E-state index contributed by atoms with van der Waals surface area (Å²) in [5.74, 6) is 1.74. The molecule has 2 aromatic carbocycles. The minimum Gasteiger partial charge on any atom is -0.493 e. The van der Waals surface area contributed by atoms with Gasteiger partial charge in [0.1, 0.15) is 0 Å². The van der Waals surface area contributed by atoms with E-state index in [1.165, 1.54) is 24.0 Å². The van der Waals surface area contributed by atoms with Crippen molar-refractivity contribution in [3.63, 3.8) is 0 Å². The first-order valence-electron chi connectivity index (χ1n) is 9.09. The average molecular weight is 334 g/mol. The largest absolute Gasteiger partial charge is 0.493 e. The number of ether oxygens (including phenoxy) is 2. The van der Waals surface area contributed by atoms with Gasteiger partial charge in [-0.3, -0.25) is 0 Å². The van der Waals surface area contributed by atoms with Gasteiger partial charge in [-0.05, 0) is 24.5 Å². The second-order valence-electron chi connectivity index (χ2n) is 7.11. The summed E-state index contributed by atoms with van der Waals surface area (Å²) in [5.41, 5.74) is 3.22. The number of nitrogens with zero attached hydrogens (tertiary/aromatic N) is 2. The van der Waals surface area contributed by atoms with Gasteiger partial charge in [-0.2, -0.15) is 5.10 Å². The maximum Gasteiger partial charge on any atom is 0.198 e. The van der Waals surface area contributed by atoms with Gasteiger partial charge in [0.2, 0.25) is 0 Å². The van der Waals surface area contributed by atoms with Crippen LogP contribution in [-0.4, -0.2) is 23.6 Å². The summed E-state index contributed by atoms with van der Waals surface area (Å²) in [4.78, 5) is 0. The normalized spacial score (nSPS) is 23.0. The van der Waals surface area contributed by atoms with Gasteiger partial charge < -0.3 is 9.47 Å². The predicted molar refractivity (Wildman–Crippen MR) is 97.0 cm³/mol. The molecule has 0 aromatic heterocycles. The van der Waals surface area contributed by atoms with E-state index in [1.54, 1.807) is 7.11 Å². The maximum absolute atomic E-state index is 6.59. The van der Waals surface area contributed by atoms with Crippen molar-refractivity contribution < 1.29 is 9.47 Å². The molecule has 3 aliphatic rings. The highest BCUT2D eigenvalue weighted by Crippen LogP contribution is 2.54. The zero-order valence-corrected chi connectivity index (χ0v) is 14.4. The number of hydrogen-bond acceptors (Lipinski definition) is 4. The van der Waals surface area contributed by atoms with Gasteiger partial charge >= 0.3 is 0 Å². The third-order valence-corrected chi connectivity index (χ3v) is 5.70. The van der Waals surface area contributed by atoms with Gasteiger partial charge in [0.25, 0.3) is 0 Å². The molecule has 4 heteroatoms. The van der Waals surface area contributed by atoms with E-state index in [9.17, 15) is 0 Å². The minimum atomic E-state index is -0.317. The van der Waals surface area contributed by atoms with Gasteiger partial charge in [-0.15, -0.1) is 0 Å². The van der Waals surface area contributed by atoms with Crippen LogP contribution in [0.25, 0.3) is 0 Å². The molecule has 0 saturated heterocycles. The molecule has 25 heavy (non-hydrogen) atoms. The van der Waals surface area contributed by atoms with Crippen LogP contribution in [0, 0.1) is 0 Å². The summed E-state index contributed by atoms with van der Waals surface area (Å²) in [5, 5.41) is 7.31. The summed E-state index contributed by atoms with van der Waals surface area (Å²) in [6.45, 7) is 0. The van der Waals surface area contributed by atoms with Crippen molar-refractivity contribution in [3.05, 3.63) is 59.7 Å². The molecule has 2 aliphatic heterocycles. The first-order chi connectivity index (χ1) is 12.3. The maximum atomic E-state index is 6.59. The summed E-state index contributed by atoms with van der Waals surface area (Å²) in [6.07, 6.45) is 5.32. The van der Waals surface area contributed by atoms with E-state index in [-0.39, 0.29) is 11.8 Å². The van der Waals surface area contributed by atoms with Crippen LogP contribution in [0.5, 0.6) is 11.5 Å². The Hall–Kier alpha value is -2.49. The number of benzene rings is 2. The highest BCUT2D eigenvalue weighted by atomic mass is 16.5. The van der Waals surface area contributed by atoms with Crippen LogP contribution in [0.4, 0.5) is 0 Å². The van der Waals surface area contributed by atoms with Crippen molar-refractivity contribution in [1.82, 2.24) is 5.01 Å². The van der Waals surface area contributed by atoms with Gasteiger partial charge in [-0.25, -0.2) is 5.01 Å². The smallest absolute Gasteiger partial charge is 0.198 e. The Morgan fingerprint density at radius 2 is 1.88 bits per heavy atom. The summed E-state index contributed by atoms with van der Waals surface area (Å²) >= 11 is 0. The lowest BCUT2D eigenvalue weighted by Crippen LogP contribution is -2.51. The molecule has 0 unspecified atom stereocenters. The second kappa shape index (κ2) is 5.51.